The molecule has 0 saturated carbocycles. The average molecular weight is 324 g/mol. The highest BCUT2D eigenvalue weighted by atomic mass is 79.9. The molecule has 0 aliphatic heterocycles. The first-order valence-electron chi connectivity index (χ1n) is 5.10. The smallest absolute Gasteiger partial charge is 0.197 e. The van der Waals surface area contributed by atoms with E-state index in [4.69, 9.17) is 16.3 Å². The molecule has 17 heavy (non-hydrogen) atoms. The Balaban J connectivity index is 3.27. The van der Waals surface area contributed by atoms with Crippen LogP contribution >= 0.6 is 27.5 Å². The average Bonchev–Trinajstić information content (AvgIpc) is 2.34. The lowest BCUT2D eigenvalue weighted by atomic mass is 9.92. The zero-order valence-corrected chi connectivity index (χ0v) is 12.2. The molecule has 94 valence electrons. The number of methoxy groups -OCH3 is 1. The van der Waals surface area contributed by atoms with Crippen molar-refractivity contribution in [2.24, 2.45) is 0 Å². The van der Waals surface area contributed by atoms with Gasteiger partial charge < -0.3 is 4.74 Å². The van der Waals surface area contributed by atoms with E-state index in [2.05, 4.69) is 15.9 Å². The molecule has 1 aromatic carbocycles. The highest BCUT2D eigenvalue weighted by Crippen LogP contribution is 2.30. The normalized spacial score (nSPS) is 14.5. The van der Waals surface area contributed by atoms with E-state index in [1.807, 2.05) is 0 Å². The van der Waals surface area contributed by atoms with Crippen LogP contribution in [0, 0.1) is 5.82 Å². The van der Waals surface area contributed by atoms with Gasteiger partial charge in [0.25, 0.3) is 0 Å². The van der Waals surface area contributed by atoms with Crippen LogP contribution in [0.15, 0.2) is 16.6 Å². The van der Waals surface area contributed by atoms with Crippen LogP contribution in [0.2, 0.25) is 5.02 Å². The van der Waals surface area contributed by atoms with Gasteiger partial charge in [0.15, 0.2) is 11.6 Å². The number of carbonyl (C=O) groups is 1. The molecular weight excluding hydrogens is 310 g/mol. The third kappa shape index (κ3) is 2.69. The van der Waals surface area contributed by atoms with Crippen molar-refractivity contribution in [1.29, 1.82) is 0 Å². The summed E-state index contributed by atoms with van der Waals surface area (Å²) < 4.78 is 19.5. The fourth-order valence-electron chi connectivity index (χ4n) is 1.38. The number of rotatable bonds is 4. The standard InChI is InChI=1S/C12H13BrClFO2/c1-4-12(2,17-3)11(16)7-5-6-8(13)9(14)10(7)15/h5-6H,4H2,1-3H3. The van der Waals surface area contributed by atoms with E-state index in [9.17, 15) is 9.18 Å². The van der Waals surface area contributed by atoms with Gasteiger partial charge in [0.2, 0.25) is 0 Å². The van der Waals surface area contributed by atoms with Crippen LogP contribution in [-0.2, 0) is 4.74 Å². The molecule has 5 heteroatoms. The lowest BCUT2D eigenvalue weighted by Gasteiger charge is -2.25. The first kappa shape index (κ1) is 14.6. The molecule has 0 N–H and O–H groups in total. The molecule has 0 aliphatic carbocycles. The monoisotopic (exact) mass is 322 g/mol. The third-order valence-electron chi connectivity index (χ3n) is 2.89. The Kier molecular flexibility index (Phi) is 4.69. The summed E-state index contributed by atoms with van der Waals surface area (Å²) in [5, 5.41) is -0.0922. The van der Waals surface area contributed by atoms with Crippen molar-refractivity contribution >= 4 is 33.3 Å². The second-order valence-electron chi connectivity index (χ2n) is 3.84. The molecule has 2 nitrogen and oxygen atoms in total. The molecule has 0 radical (unpaired) electrons. The molecule has 0 aliphatic rings. The van der Waals surface area contributed by atoms with E-state index < -0.39 is 17.2 Å². The Morgan fingerprint density at radius 3 is 2.65 bits per heavy atom. The van der Waals surface area contributed by atoms with Gasteiger partial charge in [-0.05, 0) is 41.4 Å². The SMILES string of the molecule is CCC(C)(OC)C(=O)c1ccc(Br)c(Cl)c1F. The zero-order valence-electron chi connectivity index (χ0n) is 9.81. The zero-order chi connectivity index (χ0) is 13.2. The summed E-state index contributed by atoms with van der Waals surface area (Å²) in [4.78, 5) is 12.2. The van der Waals surface area contributed by atoms with Crippen molar-refractivity contribution < 1.29 is 13.9 Å². The van der Waals surface area contributed by atoms with Gasteiger partial charge in [-0.2, -0.15) is 0 Å². The van der Waals surface area contributed by atoms with E-state index in [-0.39, 0.29) is 10.6 Å². The topological polar surface area (TPSA) is 26.3 Å². The summed E-state index contributed by atoms with van der Waals surface area (Å²) in [6.45, 7) is 3.44. The van der Waals surface area contributed by atoms with Gasteiger partial charge in [-0.15, -0.1) is 0 Å². The van der Waals surface area contributed by atoms with E-state index >= 15 is 0 Å². The first-order valence-corrected chi connectivity index (χ1v) is 6.28. The molecular formula is C12H13BrClFO2. The first-order chi connectivity index (χ1) is 7.87. The van der Waals surface area contributed by atoms with Crippen LogP contribution in [-0.4, -0.2) is 18.5 Å². The molecule has 1 unspecified atom stereocenters. The van der Waals surface area contributed by atoms with Gasteiger partial charge in [-0.25, -0.2) is 4.39 Å². The van der Waals surface area contributed by atoms with Crippen LogP contribution in [0.25, 0.3) is 0 Å². The summed E-state index contributed by atoms with van der Waals surface area (Å²) in [5.74, 6) is -1.13. The van der Waals surface area contributed by atoms with Crippen molar-refractivity contribution in [2.75, 3.05) is 7.11 Å². The van der Waals surface area contributed by atoms with Crippen molar-refractivity contribution in [3.8, 4) is 0 Å². The van der Waals surface area contributed by atoms with Crippen LogP contribution in [0.4, 0.5) is 4.39 Å². The quantitative estimate of drug-likeness (QED) is 0.612. The van der Waals surface area contributed by atoms with Crippen LogP contribution in [0.5, 0.6) is 0 Å². The number of hydrogen-bond donors (Lipinski definition) is 0. The van der Waals surface area contributed by atoms with Crippen molar-refractivity contribution in [3.05, 3.63) is 33.0 Å². The van der Waals surface area contributed by atoms with Crippen LogP contribution < -0.4 is 0 Å². The summed E-state index contributed by atoms with van der Waals surface area (Å²) in [6.07, 6.45) is 0.454. The highest BCUT2D eigenvalue weighted by Gasteiger charge is 2.34. The molecule has 1 aromatic rings. The maximum atomic E-state index is 13.9. The minimum absolute atomic E-state index is 0.0515. The molecule has 0 heterocycles. The highest BCUT2D eigenvalue weighted by molar-refractivity contribution is 9.10. The van der Waals surface area contributed by atoms with Gasteiger partial charge in [-0.3, -0.25) is 4.79 Å². The lowest BCUT2D eigenvalue weighted by Crippen LogP contribution is -2.37. The van der Waals surface area contributed by atoms with Crippen LogP contribution in [0.3, 0.4) is 0 Å². The van der Waals surface area contributed by atoms with E-state index in [0.29, 0.717) is 10.9 Å². The maximum Gasteiger partial charge on any atom is 0.197 e. The summed E-state index contributed by atoms with van der Waals surface area (Å²) in [5.41, 5.74) is -1.08. The molecule has 1 rings (SSSR count). The predicted octanol–water partition coefficient (Wildman–Crippen LogP) is 4.24. The minimum Gasteiger partial charge on any atom is -0.370 e. The molecule has 0 bridgehead atoms. The van der Waals surface area contributed by atoms with E-state index in [1.54, 1.807) is 19.9 Å². The number of hydrogen-bond acceptors (Lipinski definition) is 2. The van der Waals surface area contributed by atoms with Crippen molar-refractivity contribution in [2.45, 2.75) is 25.9 Å². The number of carbonyl (C=O) groups excluding carboxylic acids is 1. The van der Waals surface area contributed by atoms with E-state index in [1.165, 1.54) is 13.2 Å². The Hall–Kier alpha value is -0.450. The number of halogens is 3. The van der Waals surface area contributed by atoms with Gasteiger partial charge >= 0.3 is 0 Å². The number of benzene rings is 1. The minimum atomic E-state index is -1.03. The fraction of sp³-hybridized carbons (Fsp3) is 0.417. The van der Waals surface area contributed by atoms with Gasteiger partial charge in [0.05, 0.1) is 10.6 Å². The number of ketones is 1. The van der Waals surface area contributed by atoms with E-state index in [0.717, 1.165) is 0 Å². The Morgan fingerprint density at radius 2 is 2.18 bits per heavy atom. The second-order valence-corrected chi connectivity index (χ2v) is 5.07. The van der Waals surface area contributed by atoms with Gasteiger partial charge in [0, 0.05) is 11.6 Å². The van der Waals surface area contributed by atoms with Crippen molar-refractivity contribution in [3.63, 3.8) is 0 Å². The molecule has 0 spiro atoms. The lowest BCUT2D eigenvalue weighted by molar-refractivity contribution is 0.0103. The Bertz CT molecular complexity index is 444. The summed E-state index contributed by atoms with van der Waals surface area (Å²) in [6, 6.07) is 2.95. The Labute approximate surface area is 113 Å². The maximum absolute atomic E-state index is 13.9. The summed E-state index contributed by atoms with van der Waals surface area (Å²) >= 11 is 8.85. The molecule has 0 fully saturated rings. The molecule has 1 atom stereocenters. The van der Waals surface area contributed by atoms with Crippen molar-refractivity contribution in [1.82, 2.24) is 0 Å². The third-order valence-corrected chi connectivity index (χ3v) is 4.14. The molecule has 0 aromatic heterocycles. The van der Waals surface area contributed by atoms with Gasteiger partial charge in [0.1, 0.15) is 5.60 Å². The second kappa shape index (κ2) is 5.46. The van der Waals surface area contributed by atoms with Gasteiger partial charge in [-0.1, -0.05) is 18.5 Å². The van der Waals surface area contributed by atoms with Crippen LogP contribution in [0.1, 0.15) is 30.6 Å². The largest absolute Gasteiger partial charge is 0.370 e. The Morgan fingerprint density at radius 1 is 1.59 bits per heavy atom. The number of ether oxygens (including phenoxy) is 1. The molecule has 0 amide bonds. The summed E-state index contributed by atoms with van der Waals surface area (Å²) in [7, 11) is 1.43. The predicted molar refractivity (Wildman–Crippen MR) is 69.1 cm³/mol. The fourth-order valence-corrected chi connectivity index (χ4v) is 1.85. The molecule has 0 saturated heterocycles. The number of Topliss-reactive ketones (excluding diaryl/α,β-unsaturated/α-hetero) is 1.